The van der Waals surface area contributed by atoms with Crippen LogP contribution in [0.15, 0.2) is 22.3 Å². The van der Waals surface area contributed by atoms with Gasteiger partial charge in [-0.2, -0.15) is 0 Å². The van der Waals surface area contributed by atoms with E-state index >= 15 is 0 Å². The fraction of sp³-hybridized carbons (Fsp3) is 0.750. The van der Waals surface area contributed by atoms with E-state index in [0.29, 0.717) is 0 Å². The van der Waals surface area contributed by atoms with Crippen molar-refractivity contribution in [2.24, 2.45) is 5.92 Å². The van der Waals surface area contributed by atoms with Crippen molar-refractivity contribution in [2.75, 3.05) is 13.2 Å². The van der Waals surface area contributed by atoms with Gasteiger partial charge in [-0.3, -0.25) is 0 Å². The highest BCUT2D eigenvalue weighted by molar-refractivity contribution is 5.20. The lowest BCUT2D eigenvalue weighted by atomic mass is 9.78. The molecule has 0 bridgehead atoms. The highest BCUT2D eigenvalue weighted by Crippen LogP contribution is 2.36. The highest BCUT2D eigenvalue weighted by Gasteiger charge is 2.21. The summed E-state index contributed by atoms with van der Waals surface area (Å²) < 4.78 is 5.44. The normalized spacial score (nSPS) is 25.9. The zero-order chi connectivity index (χ0) is 12.3. The molecule has 0 unspecified atom stereocenters. The fourth-order valence-electron chi connectivity index (χ4n) is 3.20. The smallest absolute Gasteiger partial charge is 0.0503 e. The molecule has 2 rings (SSSR count). The van der Waals surface area contributed by atoms with Crippen LogP contribution in [0.5, 0.6) is 0 Å². The topological polar surface area (TPSA) is 9.23 Å². The molecular weight excluding hydrogens is 208 g/mol. The van der Waals surface area contributed by atoms with E-state index in [0.717, 1.165) is 19.1 Å². The average Bonchev–Trinajstić information content (AvgIpc) is 2.39. The Morgan fingerprint density at radius 3 is 2.00 bits per heavy atom. The lowest BCUT2D eigenvalue weighted by Gasteiger charge is -2.29. The Morgan fingerprint density at radius 1 is 0.882 bits per heavy atom. The Balaban J connectivity index is 1.98. The zero-order valence-electron chi connectivity index (χ0n) is 11.6. The van der Waals surface area contributed by atoms with Crippen molar-refractivity contribution in [1.29, 1.82) is 0 Å². The Kier molecular flexibility index (Phi) is 4.44. The van der Waals surface area contributed by atoms with Gasteiger partial charge in [-0.05, 0) is 65.2 Å². The van der Waals surface area contributed by atoms with Crippen LogP contribution in [0.25, 0.3) is 0 Å². The Hall–Kier alpha value is -0.560. The molecule has 2 fully saturated rings. The van der Waals surface area contributed by atoms with E-state index < -0.39 is 0 Å². The molecule has 1 nitrogen and oxygen atoms in total. The van der Waals surface area contributed by atoms with E-state index in [9.17, 15) is 0 Å². The minimum absolute atomic E-state index is 0.853. The lowest BCUT2D eigenvalue weighted by molar-refractivity contribution is 0.118. The molecule has 0 aromatic carbocycles. The first-order valence-electron chi connectivity index (χ1n) is 7.10. The van der Waals surface area contributed by atoms with Crippen LogP contribution < -0.4 is 0 Å². The second kappa shape index (κ2) is 5.86. The van der Waals surface area contributed by atoms with Gasteiger partial charge in [0.15, 0.2) is 0 Å². The monoisotopic (exact) mass is 234 g/mol. The maximum Gasteiger partial charge on any atom is 0.0503 e. The van der Waals surface area contributed by atoms with Crippen molar-refractivity contribution >= 4 is 0 Å². The number of hydrogen-bond donors (Lipinski definition) is 0. The molecule has 0 spiro atoms. The summed E-state index contributed by atoms with van der Waals surface area (Å²) >= 11 is 0. The van der Waals surface area contributed by atoms with E-state index in [-0.39, 0.29) is 0 Å². The molecule has 1 saturated heterocycles. The number of rotatable bonds is 1. The molecule has 0 amide bonds. The Morgan fingerprint density at radius 2 is 1.47 bits per heavy atom. The van der Waals surface area contributed by atoms with Gasteiger partial charge in [-0.1, -0.05) is 22.3 Å². The quantitative estimate of drug-likeness (QED) is 0.601. The predicted octanol–water partition coefficient (Wildman–Crippen LogP) is 4.64. The number of ether oxygens (including phenoxy) is 1. The van der Waals surface area contributed by atoms with Crippen LogP contribution in [0.1, 0.15) is 59.3 Å². The molecule has 0 N–H and O–H groups in total. The van der Waals surface area contributed by atoms with Crippen molar-refractivity contribution in [1.82, 2.24) is 0 Å². The molecular formula is C16H26O. The minimum atomic E-state index is 0.853. The van der Waals surface area contributed by atoms with E-state index in [1.165, 1.54) is 38.5 Å². The van der Waals surface area contributed by atoms with Gasteiger partial charge in [0.05, 0.1) is 13.2 Å². The molecule has 0 atom stereocenters. The van der Waals surface area contributed by atoms with Crippen LogP contribution >= 0.6 is 0 Å². The molecule has 0 radical (unpaired) electrons. The summed E-state index contributed by atoms with van der Waals surface area (Å²) in [4.78, 5) is 0. The van der Waals surface area contributed by atoms with Crippen LogP contribution in [-0.4, -0.2) is 13.2 Å². The maximum atomic E-state index is 5.44. The van der Waals surface area contributed by atoms with Crippen molar-refractivity contribution in [3.8, 4) is 0 Å². The molecule has 0 aromatic rings. The van der Waals surface area contributed by atoms with E-state index in [1.54, 1.807) is 22.3 Å². The standard InChI is InChI=1S/C16H26O/c1-12(2)14-4-6-15(7-5-14)13(3)16-8-10-17-11-9-16/h15H,4-11H2,1-3H3. The predicted molar refractivity (Wildman–Crippen MR) is 73.1 cm³/mol. The molecule has 1 heterocycles. The summed E-state index contributed by atoms with van der Waals surface area (Å²) in [5, 5.41) is 0. The van der Waals surface area contributed by atoms with E-state index in [1.807, 2.05) is 0 Å². The SMILES string of the molecule is CC(C)=C1CCC(C(C)=C2CCOCC2)CC1. The van der Waals surface area contributed by atoms with Crippen LogP contribution in [0, 0.1) is 5.92 Å². The van der Waals surface area contributed by atoms with Gasteiger partial charge in [-0.25, -0.2) is 0 Å². The summed E-state index contributed by atoms with van der Waals surface area (Å²) in [5.74, 6) is 0.853. The first-order valence-corrected chi connectivity index (χ1v) is 7.10. The molecule has 96 valence electrons. The molecule has 1 saturated carbocycles. The van der Waals surface area contributed by atoms with E-state index in [2.05, 4.69) is 20.8 Å². The largest absolute Gasteiger partial charge is 0.381 e. The van der Waals surface area contributed by atoms with Gasteiger partial charge in [-0.15, -0.1) is 0 Å². The number of allylic oxidation sites excluding steroid dienone is 3. The lowest BCUT2D eigenvalue weighted by Crippen LogP contribution is -2.15. The van der Waals surface area contributed by atoms with Gasteiger partial charge >= 0.3 is 0 Å². The third-order valence-electron chi connectivity index (χ3n) is 4.56. The minimum Gasteiger partial charge on any atom is -0.381 e. The second-order valence-corrected chi connectivity index (χ2v) is 5.78. The zero-order valence-corrected chi connectivity index (χ0v) is 11.6. The summed E-state index contributed by atoms with van der Waals surface area (Å²) in [7, 11) is 0. The molecule has 2 aliphatic rings. The van der Waals surface area contributed by atoms with Crippen LogP contribution in [-0.2, 0) is 4.74 Å². The summed E-state index contributed by atoms with van der Waals surface area (Å²) in [6.07, 6.45) is 7.76. The fourth-order valence-corrected chi connectivity index (χ4v) is 3.20. The summed E-state index contributed by atoms with van der Waals surface area (Å²) in [6, 6.07) is 0. The number of hydrogen-bond acceptors (Lipinski definition) is 1. The third kappa shape index (κ3) is 3.22. The van der Waals surface area contributed by atoms with Gasteiger partial charge in [0.25, 0.3) is 0 Å². The molecule has 1 aliphatic heterocycles. The van der Waals surface area contributed by atoms with Gasteiger partial charge in [0, 0.05) is 0 Å². The Bertz CT molecular complexity index is 313. The van der Waals surface area contributed by atoms with Crippen molar-refractivity contribution < 1.29 is 4.74 Å². The van der Waals surface area contributed by atoms with E-state index in [4.69, 9.17) is 4.74 Å². The highest BCUT2D eigenvalue weighted by atomic mass is 16.5. The molecule has 1 heteroatoms. The Labute approximate surface area is 106 Å². The molecule has 1 aliphatic carbocycles. The molecule has 17 heavy (non-hydrogen) atoms. The van der Waals surface area contributed by atoms with Crippen molar-refractivity contribution in [2.45, 2.75) is 59.3 Å². The average molecular weight is 234 g/mol. The van der Waals surface area contributed by atoms with Crippen molar-refractivity contribution in [3.05, 3.63) is 22.3 Å². The summed E-state index contributed by atoms with van der Waals surface area (Å²) in [6.45, 7) is 8.79. The third-order valence-corrected chi connectivity index (χ3v) is 4.56. The summed E-state index contributed by atoms with van der Waals surface area (Å²) in [5.41, 5.74) is 6.66. The second-order valence-electron chi connectivity index (χ2n) is 5.78. The van der Waals surface area contributed by atoms with Gasteiger partial charge < -0.3 is 4.74 Å². The van der Waals surface area contributed by atoms with Crippen LogP contribution in [0.2, 0.25) is 0 Å². The first kappa shape index (κ1) is 12.9. The van der Waals surface area contributed by atoms with Gasteiger partial charge in [0.2, 0.25) is 0 Å². The van der Waals surface area contributed by atoms with Crippen LogP contribution in [0.3, 0.4) is 0 Å². The molecule has 0 aromatic heterocycles. The van der Waals surface area contributed by atoms with Crippen LogP contribution in [0.4, 0.5) is 0 Å². The van der Waals surface area contributed by atoms with Crippen molar-refractivity contribution in [3.63, 3.8) is 0 Å². The first-order chi connectivity index (χ1) is 8.18. The van der Waals surface area contributed by atoms with Gasteiger partial charge in [0.1, 0.15) is 0 Å². The maximum absolute atomic E-state index is 5.44.